The molecule has 2 N–H and O–H groups in total. The molecule has 1 aromatic carbocycles. The van der Waals surface area contributed by atoms with E-state index in [4.69, 9.17) is 11.6 Å². The van der Waals surface area contributed by atoms with Crippen molar-refractivity contribution in [2.45, 2.75) is 26.3 Å². The first-order valence-electron chi connectivity index (χ1n) is 5.58. The number of amides is 1. The van der Waals surface area contributed by atoms with Crippen LogP contribution in [-0.2, 0) is 10.0 Å². The number of nitrogens with one attached hydrogen (secondary N) is 2. The minimum Gasteiger partial charge on any atom is -0.347 e. The van der Waals surface area contributed by atoms with Gasteiger partial charge >= 0.3 is 0 Å². The standard InChI is InChI=1S/C12H17ClN2O3S/c1-12(2,3)14-11(16)8-5-6-9(13)10(7-8)15-19(4,17)18/h5-7,15H,1-4H3,(H,14,16). The summed E-state index contributed by atoms with van der Waals surface area (Å²) in [5, 5.41) is 3.02. The van der Waals surface area contributed by atoms with Gasteiger partial charge in [-0.05, 0) is 39.0 Å². The number of hydrogen-bond donors (Lipinski definition) is 2. The molecule has 0 aliphatic carbocycles. The monoisotopic (exact) mass is 304 g/mol. The fourth-order valence-corrected chi connectivity index (χ4v) is 2.15. The van der Waals surface area contributed by atoms with Crippen LogP contribution < -0.4 is 10.0 Å². The zero-order valence-electron chi connectivity index (χ0n) is 11.2. The van der Waals surface area contributed by atoms with Crippen molar-refractivity contribution in [1.82, 2.24) is 5.32 Å². The molecule has 0 heterocycles. The highest BCUT2D eigenvalue weighted by molar-refractivity contribution is 7.92. The third-order valence-corrected chi connectivity index (χ3v) is 2.93. The molecule has 1 amide bonds. The highest BCUT2D eigenvalue weighted by Gasteiger charge is 2.17. The molecule has 7 heteroatoms. The van der Waals surface area contributed by atoms with Crippen molar-refractivity contribution in [1.29, 1.82) is 0 Å². The minimum atomic E-state index is -3.44. The molecule has 1 rings (SSSR count). The Balaban J connectivity index is 3.06. The molecule has 0 bridgehead atoms. The van der Waals surface area contributed by atoms with Gasteiger partial charge in [-0.15, -0.1) is 0 Å². The molecule has 0 saturated carbocycles. The Bertz CT molecular complexity index is 591. The van der Waals surface area contributed by atoms with Gasteiger partial charge in [0.05, 0.1) is 17.0 Å². The van der Waals surface area contributed by atoms with E-state index in [9.17, 15) is 13.2 Å². The van der Waals surface area contributed by atoms with E-state index < -0.39 is 10.0 Å². The molecule has 0 aromatic heterocycles. The van der Waals surface area contributed by atoms with Crippen LogP contribution in [0.3, 0.4) is 0 Å². The van der Waals surface area contributed by atoms with E-state index in [1.54, 1.807) is 0 Å². The maximum atomic E-state index is 12.0. The minimum absolute atomic E-state index is 0.186. The number of carbonyl (C=O) groups is 1. The van der Waals surface area contributed by atoms with Crippen molar-refractivity contribution in [3.8, 4) is 0 Å². The first kappa shape index (κ1) is 15.8. The highest BCUT2D eigenvalue weighted by Crippen LogP contribution is 2.24. The molecule has 0 fully saturated rings. The SMILES string of the molecule is CC(C)(C)NC(=O)c1ccc(Cl)c(NS(C)(=O)=O)c1. The first-order valence-corrected chi connectivity index (χ1v) is 7.85. The molecule has 19 heavy (non-hydrogen) atoms. The van der Waals surface area contributed by atoms with E-state index >= 15 is 0 Å². The quantitative estimate of drug-likeness (QED) is 0.899. The summed E-state index contributed by atoms with van der Waals surface area (Å²) in [5.41, 5.74) is 0.150. The van der Waals surface area contributed by atoms with Crippen LogP contribution in [0.25, 0.3) is 0 Å². The zero-order valence-corrected chi connectivity index (χ0v) is 12.8. The van der Waals surface area contributed by atoms with Gasteiger partial charge < -0.3 is 5.32 Å². The predicted octanol–water partition coefficient (Wildman–Crippen LogP) is 2.24. The van der Waals surface area contributed by atoms with Gasteiger partial charge in [-0.1, -0.05) is 11.6 Å². The molecule has 0 atom stereocenters. The fraction of sp³-hybridized carbons (Fsp3) is 0.417. The Morgan fingerprint density at radius 2 is 1.84 bits per heavy atom. The number of halogens is 1. The number of rotatable bonds is 3. The van der Waals surface area contributed by atoms with Crippen LogP contribution in [-0.4, -0.2) is 26.1 Å². The zero-order chi connectivity index (χ0) is 14.8. The second-order valence-corrected chi connectivity index (χ2v) is 7.43. The van der Waals surface area contributed by atoms with E-state index in [-0.39, 0.29) is 22.2 Å². The number of benzene rings is 1. The van der Waals surface area contributed by atoms with E-state index in [0.29, 0.717) is 5.56 Å². The molecule has 0 spiro atoms. The number of anilines is 1. The fourth-order valence-electron chi connectivity index (χ4n) is 1.36. The molecule has 0 aliphatic rings. The van der Waals surface area contributed by atoms with Gasteiger partial charge in [-0.3, -0.25) is 9.52 Å². The smallest absolute Gasteiger partial charge is 0.251 e. The van der Waals surface area contributed by atoms with E-state index in [1.807, 2.05) is 20.8 Å². The summed E-state index contributed by atoms with van der Waals surface area (Å²) in [6.45, 7) is 5.57. The second kappa shape index (κ2) is 5.38. The third kappa shape index (κ3) is 5.48. The van der Waals surface area contributed by atoms with Gasteiger partial charge in [0, 0.05) is 11.1 Å². The molecule has 106 valence electrons. The molecule has 0 unspecified atom stereocenters. The van der Waals surface area contributed by atoms with Crippen LogP contribution in [0.5, 0.6) is 0 Å². The molecule has 1 aromatic rings. The van der Waals surface area contributed by atoms with Crippen molar-refractivity contribution < 1.29 is 13.2 Å². The van der Waals surface area contributed by atoms with Gasteiger partial charge in [0.15, 0.2) is 0 Å². The maximum Gasteiger partial charge on any atom is 0.251 e. The van der Waals surface area contributed by atoms with Gasteiger partial charge in [0.2, 0.25) is 10.0 Å². The summed E-state index contributed by atoms with van der Waals surface area (Å²) in [4.78, 5) is 12.0. The largest absolute Gasteiger partial charge is 0.347 e. The van der Waals surface area contributed by atoms with Crippen LogP contribution in [0.1, 0.15) is 31.1 Å². The highest BCUT2D eigenvalue weighted by atomic mass is 35.5. The summed E-state index contributed by atoms with van der Waals surface area (Å²) in [5.74, 6) is -0.291. The normalized spacial score (nSPS) is 12.1. The van der Waals surface area contributed by atoms with E-state index in [0.717, 1.165) is 6.26 Å². The van der Waals surface area contributed by atoms with Crippen LogP contribution in [0.15, 0.2) is 18.2 Å². The van der Waals surface area contributed by atoms with Crippen molar-refractivity contribution >= 4 is 33.2 Å². The Morgan fingerprint density at radius 1 is 1.26 bits per heavy atom. The number of hydrogen-bond acceptors (Lipinski definition) is 3. The Kier molecular flexibility index (Phi) is 4.47. The van der Waals surface area contributed by atoms with E-state index in [1.165, 1.54) is 18.2 Å². The lowest BCUT2D eigenvalue weighted by Gasteiger charge is -2.20. The average molecular weight is 305 g/mol. The van der Waals surface area contributed by atoms with E-state index in [2.05, 4.69) is 10.0 Å². The summed E-state index contributed by atoms with van der Waals surface area (Å²) < 4.78 is 24.7. The predicted molar refractivity (Wildman–Crippen MR) is 77.1 cm³/mol. The summed E-state index contributed by atoms with van der Waals surface area (Å²) >= 11 is 5.88. The molecular weight excluding hydrogens is 288 g/mol. The lowest BCUT2D eigenvalue weighted by atomic mass is 10.1. The molecule has 0 radical (unpaired) electrons. The average Bonchev–Trinajstić information content (AvgIpc) is 2.16. The van der Waals surface area contributed by atoms with Crippen LogP contribution in [0.4, 0.5) is 5.69 Å². The third-order valence-electron chi connectivity index (χ3n) is 2.01. The van der Waals surface area contributed by atoms with Crippen molar-refractivity contribution in [2.75, 3.05) is 11.0 Å². The first-order chi connectivity index (χ1) is 8.48. The van der Waals surface area contributed by atoms with Crippen LogP contribution in [0, 0.1) is 0 Å². The van der Waals surface area contributed by atoms with Crippen LogP contribution >= 0.6 is 11.6 Å². The lowest BCUT2D eigenvalue weighted by Crippen LogP contribution is -2.40. The Hall–Kier alpha value is -1.27. The van der Waals surface area contributed by atoms with Gasteiger partial charge in [-0.25, -0.2) is 8.42 Å². The number of carbonyl (C=O) groups excluding carboxylic acids is 1. The van der Waals surface area contributed by atoms with Gasteiger partial charge in [0.25, 0.3) is 5.91 Å². The molecular formula is C12H17ClN2O3S. The number of sulfonamides is 1. The Labute approximate surface area is 118 Å². The van der Waals surface area contributed by atoms with Gasteiger partial charge in [-0.2, -0.15) is 0 Å². The summed E-state index contributed by atoms with van der Waals surface area (Å²) in [7, 11) is -3.44. The topological polar surface area (TPSA) is 75.3 Å². The molecule has 0 aliphatic heterocycles. The van der Waals surface area contributed by atoms with Crippen LogP contribution in [0.2, 0.25) is 5.02 Å². The molecule has 0 saturated heterocycles. The summed E-state index contributed by atoms with van der Waals surface area (Å²) in [6.07, 6.45) is 1.02. The Morgan fingerprint density at radius 3 is 2.32 bits per heavy atom. The lowest BCUT2D eigenvalue weighted by molar-refractivity contribution is 0.0919. The summed E-state index contributed by atoms with van der Waals surface area (Å²) in [6, 6.07) is 4.42. The second-order valence-electron chi connectivity index (χ2n) is 5.27. The van der Waals surface area contributed by atoms with Crippen molar-refractivity contribution in [3.05, 3.63) is 28.8 Å². The molecule has 5 nitrogen and oxygen atoms in total. The van der Waals surface area contributed by atoms with Crippen molar-refractivity contribution in [2.24, 2.45) is 0 Å². The van der Waals surface area contributed by atoms with Gasteiger partial charge in [0.1, 0.15) is 0 Å². The maximum absolute atomic E-state index is 12.0. The van der Waals surface area contributed by atoms with Crippen molar-refractivity contribution in [3.63, 3.8) is 0 Å².